The van der Waals surface area contributed by atoms with Crippen molar-refractivity contribution in [3.8, 4) is 0 Å². The maximum absolute atomic E-state index is 12.3. The van der Waals surface area contributed by atoms with Crippen LogP contribution in [0, 0.1) is 0 Å². The number of thiophene rings is 1. The molecule has 0 spiro atoms. The summed E-state index contributed by atoms with van der Waals surface area (Å²) in [6, 6.07) is 12.9. The second kappa shape index (κ2) is 6.83. The van der Waals surface area contributed by atoms with E-state index in [1.165, 1.54) is 11.3 Å². The Labute approximate surface area is 137 Å². The van der Waals surface area contributed by atoms with Gasteiger partial charge in [-0.25, -0.2) is 0 Å². The van der Waals surface area contributed by atoms with Crippen molar-refractivity contribution in [2.45, 2.75) is 32.0 Å². The van der Waals surface area contributed by atoms with E-state index in [1.54, 1.807) is 19.9 Å². The molecule has 1 heterocycles. The van der Waals surface area contributed by atoms with Crippen LogP contribution in [-0.4, -0.2) is 22.7 Å². The molecule has 0 radical (unpaired) electrons. The van der Waals surface area contributed by atoms with Crippen LogP contribution >= 0.6 is 27.3 Å². The fourth-order valence-corrected chi connectivity index (χ4v) is 3.65. The summed E-state index contributed by atoms with van der Waals surface area (Å²) >= 11 is 4.75. The van der Waals surface area contributed by atoms with E-state index in [2.05, 4.69) is 21.2 Å². The topological polar surface area (TPSA) is 49.3 Å². The highest BCUT2D eigenvalue weighted by molar-refractivity contribution is 9.11. The zero-order valence-corrected chi connectivity index (χ0v) is 14.4. The highest BCUT2D eigenvalue weighted by Gasteiger charge is 2.27. The van der Waals surface area contributed by atoms with Gasteiger partial charge in [0.1, 0.15) is 5.72 Å². The molecule has 0 amide bonds. The van der Waals surface area contributed by atoms with Crippen molar-refractivity contribution in [1.82, 2.24) is 5.32 Å². The normalized spacial score (nSPS) is 15.4. The van der Waals surface area contributed by atoms with Crippen LogP contribution in [0.1, 0.15) is 29.1 Å². The lowest BCUT2D eigenvalue weighted by molar-refractivity contribution is 0.0149. The van der Waals surface area contributed by atoms with Gasteiger partial charge in [-0.3, -0.25) is 10.1 Å². The molecule has 112 valence electrons. The predicted molar refractivity (Wildman–Crippen MR) is 89.7 cm³/mol. The summed E-state index contributed by atoms with van der Waals surface area (Å²) in [4.78, 5) is 13.0. The quantitative estimate of drug-likeness (QED) is 0.605. The Morgan fingerprint density at radius 1 is 1.33 bits per heavy atom. The van der Waals surface area contributed by atoms with Gasteiger partial charge >= 0.3 is 0 Å². The minimum Gasteiger partial charge on any atom is -0.376 e. The van der Waals surface area contributed by atoms with Gasteiger partial charge in [0.25, 0.3) is 0 Å². The minimum atomic E-state index is -1.13. The summed E-state index contributed by atoms with van der Waals surface area (Å²) in [7, 11) is 0. The summed E-state index contributed by atoms with van der Waals surface area (Å²) < 4.78 is 0.925. The maximum atomic E-state index is 12.3. The molecule has 2 unspecified atom stereocenters. The number of benzene rings is 1. The zero-order valence-electron chi connectivity index (χ0n) is 12.0. The first-order valence-electron chi connectivity index (χ1n) is 6.71. The lowest BCUT2D eigenvalue weighted by atomic mass is 10.0. The first kappa shape index (κ1) is 16.4. The third-order valence-electron chi connectivity index (χ3n) is 3.13. The molecule has 1 aromatic carbocycles. The standard InChI is InChI=1S/C16H18BrNO2S/c1-11(15(19)13-8-9-14(17)21-13)18-16(2,20)10-12-6-4-3-5-7-12/h3-9,11,18,20H,10H2,1-2H3. The van der Waals surface area contributed by atoms with Gasteiger partial charge in [-0.15, -0.1) is 11.3 Å². The number of hydrogen-bond donors (Lipinski definition) is 2. The van der Waals surface area contributed by atoms with E-state index in [0.29, 0.717) is 11.3 Å². The van der Waals surface area contributed by atoms with Gasteiger partial charge in [0.2, 0.25) is 0 Å². The first-order valence-corrected chi connectivity index (χ1v) is 8.32. The van der Waals surface area contributed by atoms with Crippen LogP contribution < -0.4 is 5.32 Å². The highest BCUT2D eigenvalue weighted by atomic mass is 79.9. The number of carbonyl (C=O) groups is 1. The fraction of sp³-hybridized carbons (Fsp3) is 0.312. The Bertz CT molecular complexity index is 610. The Morgan fingerprint density at radius 2 is 2.00 bits per heavy atom. The number of Topliss-reactive ketones (excluding diaryl/α,β-unsaturated/α-hetero) is 1. The van der Waals surface area contributed by atoms with Gasteiger partial charge in [-0.1, -0.05) is 30.3 Å². The molecule has 0 aliphatic rings. The van der Waals surface area contributed by atoms with Crippen molar-refractivity contribution >= 4 is 33.0 Å². The highest BCUT2D eigenvalue weighted by Crippen LogP contribution is 2.23. The van der Waals surface area contributed by atoms with Gasteiger partial charge in [-0.2, -0.15) is 0 Å². The maximum Gasteiger partial charge on any atom is 0.189 e. The second-order valence-electron chi connectivity index (χ2n) is 5.27. The molecule has 2 aromatic rings. The molecule has 0 bridgehead atoms. The molecular weight excluding hydrogens is 350 g/mol. The Hall–Kier alpha value is -1.01. The molecule has 1 aromatic heterocycles. The molecular formula is C16H18BrNO2S. The summed E-state index contributed by atoms with van der Waals surface area (Å²) in [5, 5.41) is 13.5. The molecule has 0 aliphatic carbocycles. The van der Waals surface area contributed by atoms with Crippen molar-refractivity contribution in [2.75, 3.05) is 0 Å². The van der Waals surface area contributed by atoms with E-state index in [9.17, 15) is 9.90 Å². The summed E-state index contributed by atoms with van der Waals surface area (Å²) in [5.41, 5.74) is -0.112. The predicted octanol–water partition coefficient (Wildman–Crippen LogP) is 3.62. The van der Waals surface area contributed by atoms with Crippen LogP contribution in [0.15, 0.2) is 46.3 Å². The van der Waals surface area contributed by atoms with Crippen LogP contribution in [-0.2, 0) is 6.42 Å². The van der Waals surface area contributed by atoms with E-state index in [1.807, 2.05) is 36.4 Å². The third kappa shape index (κ3) is 4.74. The smallest absolute Gasteiger partial charge is 0.189 e. The van der Waals surface area contributed by atoms with E-state index in [0.717, 1.165) is 9.35 Å². The molecule has 2 N–H and O–H groups in total. The van der Waals surface area contributed by atoms with Crippen molar-refractivity contribution < 1.29 is 9.90 Å². The van der Waals surface area contributed by atoms with Crippen LogP contribution in [0.25, 0.3) is 0 Å². The summed E-state index contributed by atoms with van der Waals surface area (Å²) in [5.74, 6) is -0.0148. The molecule has 2 rings (SSSR count). The van der Waals surface area contributed by atoms with Crippen molar-refractivity contribution in [3.63, 3.8) is 0 Å². The van der Waals surface area contributed by atoms with Gasteiger partial charge in [0.15, 0.2) is 5.78 Å². The van der Waals surface area contributed by atoms with Gasteiger partial charge in [-0.05, 0) is 47.5 Å². The second-order valence-corrected chi connectivity index (χ2v) is 7.73. The molecule has 0 fully saturated rings. The minimum absolute atomic E-state index is 0.0148. The van der Waals surface area contributed by atoms with Gasteiger partial charge < -0.3 is 5.11 Å². The Balaban J connectivity index is 2.00. The fourth-order valence-electron chi connectivity index (χ4n) is 2.24. The van der Waals surface area contributed by atoms with Crippen molar-refractivity contribution in [1.29, 1.82) is 0 Å². The van der Waals surface area contributed by atoms with Crippen LogP contribution in [0.2, 0.25) is 0 Å². The SMILES string of the molecule is CC(NC(C)(O)Cc1ccccc1)C(=O)c1ccc(Br)s1. The largest absolute Gasteiger partial charge is 0.376 e. The summed E-state index contributed by atoms with van der Waals surface area (Å²) in [6.45, 7) is 3.46. The average molecular weight is 368 g/mol. The number of hydrogen-bond acceptors (Lipinski definition) is 4. The van der Waals surface area contributed by atoms with E-state index in [4.69, 9.17) is 0 Å². The molecule has 5 heteroatoms. The first-order chi connectivity index (χ1) is 9.87. The molecule has 0 aliphatic heterocycles. The number of halogens is 1. The Morgan fingerprint density at radius 3 is 2.57 bits per heavy atom. The Kier molecular flexibility index (Phi) is 5.32. The number of aliphatic hydroxyl groups is 1. The molecule has 0 saturated heterocycles. The van der Waals surface area contributed by atoms with Crippen molar-refractivity contribution in [2.24, 2.45) is 0 Å². The lowest BCUT2D eigenvalue weighted by Crippen LogP contribution is -2.51. The number of rotatable bonds is 6. The molecule has 2 atom stereocenters. The van der Waals surface area contributed by atoms with Crippen LogP contribution in [0.4, 0.5) is 0 Å². The summed E-state index contributed by atoms with van der Waals surface area (Å²) in [6.07, 6.45) is 0.444. The molecule has 0 saturated carbocycles. The average Bonchev–Trinajstić information content (AvgIpc) is 2.84. The van der Waals surface area contributed by atoms with Crippen molar-refractivity contribution in [3.05, 3.63) is 56.7 Å². The molecule has 3 nitrogen and oxygen atoms in total. The van der Waals surface area contributed by atoms with E-state index >= 15 is 0 Å². The third-order valence-corrected chi connectivity index (χ3v) is 4.77. The number of carbonyl (C=O) groups excluding carboxylic acids is 1. The monoisotopic (exact) mass is 367 g/mol. The number of ketones is 1. The van der Waals surface area contributed by atoms with Crippen LogP contribution in [0.5, 0.6) is 0 Å². The van der Waals surface area contributed by atoms with Gasteiger partial charge in [0.05, 0.1) is 14.7 Å². The number of nitrogens with one attached hydrogen (secondary N) is 1. The van der Waals surface area contributed by atoms with Gasteiger partial charge in [0, 0.05) is 6.42 Å². The zero-order chi connectivity index (χ0) is 15.5. The van der Waals surface area contributed by atoms with Crippen LogP contribution in [0.3, 0.4) is 0 Å². The van der Waals surface area contributed by atoms with E-state index in [-0.39, 0.29) is 5.78 Å². The van der Waals surface area contributed by atoms with E-state index < -0.39 is 11.8 Å². The molecule has 21 heavy (non-hydrogen) atoms. The lowest BCUT2D eigenvalue weighted by Gasteiger charge is -2.28.